The lowest BCUT2D eigenvalue weighted by Gasteiger charge is -2.20. The van der Waals surface area contributed by atoms with Crippen LogP contribution in [0.1, 0.15) is 309 Å². The van der Waals surface area contributed by atoms with Gasteiger partial charge in [-0.05, 0) is 12.8 Å². The Balaban J connectivity index is 3.83. The van der Waals surface area contributed by atoms with Crippen molar-refractivity contribution in [2.75, 3.05) is 33.0 Å². The average molecular weight is 961 g/mol. The van der Waals surface area contributed by atoms with Gasteiger partial charge in [0, 0.05) is 13.0 Å². The molecule has 0 rings (SSSR count). The van der Waals surface area contributed by atoms with Crippen LogP contribution in [0, 0.1) is 0 Å². The highest BCUT2D eigenvalue weighted by molar-refractivity contribution is 7.47. The van der Waals surface area contributed by atoms with Crippen LogP contribution in [-0.2, 0) is 27.9 Å². The molecule has 3 atom stereocenters. The van der Waals surface area contributed by atoms with Crippen LogP contribution in [0.3, 0.4) is 0 Å². The van der Waals surface area contributed by atoms with Gasteiger partial charge in [0.15, 0.2) is 0 Å². The van der Waals surface area contributed by atoms with E-state index in [1.807, 2.05) is 0 Å². The SMILES string of the molecule is CCCCCCCCCCCCCCCCCCCCCCCCCCCCCCCCCC(=O)O[C@H](COCCCCCCCCCCCCCCCC)COP(=O)(O)OC[C@@H](O)CO. The number of rotatable bonds is 57. The summed E-state index contributed by atoms with van der Waals surface area (Å²) in [6.45, 7) is 3.61. The Morgan fingerprint density at radius 1 is 0.409 bits per heavy atom. The second-order valence-corrected chi connectivity index (χ2v) is 21.5. The predicted octanol–water partition coefficient (Wildman–Crippen LogP) is 17.4. The Morgan fingerprint density at radius 2 is 0.682 bits per heavy atom. The minimum atomic E-state index is -4.52. The molecule has 0 aromatic rings. The fourth-order valence-electron chi connectivity index (χ4n) is 8.89. The normalized spacial score (nSPS) is 13.6. The first kappa shape index (κ1) is 65.5. The molecule has 1 unspecified atom stereocenters. The fraction of sp³-hybridized carbons (Fsp3) is 0.982. The van der Waals surface area contributed by atoms with E-state index in [-0.39, 0.29) is 25.6 Å². The van der Waals surface area contributed by atoms with Crippen molar-refractivity contribution in [1.29, 1.82) is 0 Å². The lowest BCUT2D eigenvalue weighted by atomic mass is 10.0. The number of ether oxygens (including phenoxy) is 2. The standard InChI is InChI=1S/C56H113O9P/c1-3-5-7-9-11-13-15-17-19-20-21-22-23-24-25-26-27-28-29-30-31-32-33-34-35-36-38-40-42-44-46-48-56(59)65-55(53-64-66(60,61)63-51-54(58)50-57)52-62-49-47-45-43-41-39-37-18-16-14-12-10-8-6-4-2/h54-55,57-58H,3-53H2,1-2H3,(H,60,61)/t54-,55+/m0/s1. The number of aliphatic hydroxyl groups is 2. The number of carbonyl (C=O) groups is 1. The highest BCUT2D eigenvalue weighted by atomic mass is 31.2. The fourth-order valence-corrected chi connectivity index (χ4v) is 9.68. The van der Waals surface area contributed by atoms with Gasteiger partial charge in [-0.25, -0.2) is 4.57 Å². The number of unbranched alkanes of at least 4 members (excludes halogenated alkanes) is 43. The van der Waals surface area contributed by atoms with Gasteiger partial charge in [-0.15, -0.1) is 0 Å². The molecule has 0 aliphatic carbocycles. The molecule has 0 radical (unpaired) electrons. The van der Waals surface area contributed by atoms with E-state index in [9.17, 15) is 19.4 Å². The molecule has 9 nitrogen and oxygen atoms in total. The van der Waals surface area contributed by atoms with Crippen LogP contribution in [0.2, 0.25) is 0 Å². The number of hydrogen-bond acceptors (Lipinski definition) is 8. The number of hydrogen-bond donors (Lipinski definition) is 3. The molecule has 3 N–H and O–H groups in total. The van der Waals surface area contributed by atoms with E-state index in [1.165, 1.54) is 257 Å². The van der Waals surface area contributed by atoms with Crippen molar-refractivity contribution in [1.82, 2.24) is 0 Å². The molecule has 396 valence electrons. The molecule has 0 saturated carbocycles. The maximum atomic E-state index is 12.7. The number of esters is 1. The zero-order valence-corrected chi connectivity index (χ0v) is 44.8. The molecule has 0 aliphatic rings. The summed E-state index contributed by atoms with van der Waals surface area (Å²) >= 11 is 0. The molecule has 0 aromatic carbocycles. The molecule has 66 heavy (non-hydrogen) atoms. The first-order chi connectivity index (χ1) is 32.3. The van der Waals surface area contributed by atoms with Crippen LogP contribution in [-0.4, -0.2) is 66.3 Å². The Kier molecular flexibility index (Phi) is 53.4. The van der Waals surface area contributed by atoms with Crippen molar-refractivity contribution in [3.63, 3.8) is 0 Å². The zero-order valence-electron chi connectivity index (χ0n) is 44.0. The maximum absolute atomic E-state index is 12.7. The van der Waals surface area contributed by atoms with Crippen molar-refractivity contribution in [3.8, 4) is 0 Å². The maximum Gasteiger partial charge on any atom is 0.472 e. The Morgan fingerprint density at radius 3 is 0.985 bits per heavy atom. The summed E-state index contributed by atoms with van der Waals surface area (Å²) < 4.78 is 33.6. The van der Waals surface area contributed by atoms with Crippen molar-refractivity contribution in [2.45, 2.75) is 321 Å². The third-order valence-corrected chi connectivity index (χ3v) is 14.2. The first-order valence-electron chi connectivity index (χ1n) is 29.0. The van der Waals surface area contributed by atoms with Gasteiger partial charge in [0.2, 0.25) is 0 Å². The van der Waals surface area contributed by atoms with Crippen LogP contribution in [0.25, 0.3) is 0 Å². The van der Waals surface area contributed by atoms with Crippen molar-refractivity contribution < 1.29 is 43.0 Å². The lowest BCUT2D eigenvalue weighted by molar-refractivity contribution is -0.154. The summed E-state index contributed by atoms with van der Waals surface area (Å²) in [7, 11) is -4.52. The first-order valence-corrected chi connectivity index (χ1v) is 30.5. The third-order valence-electron chi connectivity index (χ3n) is 13.3. The monoisotopic (exact) mass is 961 g/mol. The van der Waals surface area contributed by atoms with Crippen LogP contribution in [0.4, 0.5) is 0 Å². The van der Waals surface area contributed by atoms with E-state index in [1.54, 1.807) is 0 Å². The molecular weight excluding hydrogens is 848 g/mol. The van der Waals surface area contributed by atoms with Crippen LogP contribution in [0.15, 0.2) is 0 Å². The molecule has 0 amide bonds. The van der Waals surface area contributed by atoms with Gasteiger partial charge in [-0.2, -0.15) is 0 Å². The Hall–Kier alpha value is -0.540. The Labute approximate surface area is 409 Å². The van der Waals surface area contributed by atoms with Crippen molar-refractivity contribution >= 4 is 13.8 Å². The zero-order chi connectivity index (χ0) is 48.1. The lowest BCUT2D eigenvalue weighted by Crippen LogP contribution is -2.29. The molecule has 10 heteroatoms. The van der Waals surface area contributed by atoms with Crippen LogP contribution in [0.5, 0.6) is 0 Å². The largest absolute Gasteiger partial charge is 0.472 e. The van der Waals surface area contributed by atoms with E-state index >= 15 is 0 Å². The van der Waals surface area contributed by atoms with Crippen LogP contribution >= 0.6 is 7.82 Å². The molecule has 0 bridgehead atoms. The smallest absolute Gasteiger partial charge is 0.457 e. The van der Waals surface area contributed by atoms with E-state index in [4.69, 9.17) is 23.6 Å². The highest BCUT2D eigenvalue weighted by Gasteiger charge is 2.26. The van der Waals surface area contributed by atoms with Gasteiger partial charge in [-0.3, -0.25) is 13.8 Å². The summed E-state index contributed by atoms with van der Waals surface area (Å²) in [5.41, 5.74) is 0. The van der Waals surface area contributed by atoms with Crippen molar-refractivity contribution in [2.24, 2.45) is 0 Å². The van der Waals surface area contributed by atoms with Gasteiger partial charge >= 0.3 is 13.8 Å². The number of carbonyl (C=O) groups excluding carboxylic acids is 1. The minimum absolute atomic E-state index is 0.0586. The summed E-state index contributed by atoms with van der Waals surface area (Å²) in [5, 5.41) is 18.4. The van der Waals surface area contributed by atoms with Gasteiger partial charge in [-0.1, -0.05) is 290 Å². The topological polar surface area (TPSA) is 132 Å². The number of phosphoric acid groups is 1. The minimum Gasteiger partial charge on any atom is -0.457 e. The number of phosphoric ester groups is 1. The summed E-state index contributed by atoms with van der Waals surface area (Å²) in [6.07, 6.45) is 58.2. The number of aliphatic hydroxyl groups excluding tert-OH is 2. The molecular formula is C56H113O9P. The quantitative estimate of drug-likeness (QED) is 0.0310. The van der Waals surface area contributed by atoms with E-state index in [0.29, 0.717) is 6.61 Å². The van der Waals surface area contributed by atoms with Gasteiger partial charge in [0.05, 0.1) is 26.4 Å². The molecule has 0 heterocycles. The van der Waals surface area contributed by atoms with Gasteiger partial charge in [0.25, 0.3) is 0 Å². The van der Waals surface area contributed by atoms with E-state index in [2.05, 4.69) is 13.8 Å². The van der Waals surface area contributed by atoms with Crippen LogP contribution < -0.4 is 0 Å². The molecule has 0 aromatic heterocycles. The average Bonchev–Trinajstić information content (AvgIpc) is 3.31. The van der Waals surface area contributed by atoms with Crippen molar-refractivity contribution in [3.05, 3.63) is 0 Å². The van der Waals surface area contributed by atoms with E-state index in [0.717, 1.165) is 32.1 Å². The highest BCUT2D eigenvalue weighted by Crippen LogP contribution is 2.43. The molecule has 0 spiro atoms. The molecule has 0 fully saturated rings. The Bertz CT molecular complexity index is 1000. The summed E-state index contributed by atoms with van der Waals surface area (Å²) in [6, 6.07) is 0. The van der Waals surface area contributed by atoms with Gasteiger partial charge in [0.1, 0.15) is 12.2 Å². The predicted molar refractivity (Wildman–Crippen MR) is 279 cm³/mol. The second kappa shape index (κ2) is 53.8. The second-order valence-electron chi connectivity index (χ2n) is 20.0. The summed E-state index contributed by atoms with van der Waals surface area (Å²) in [4.78, 5) is 22.7. The van der Waals surface area contributed by atoms with E-state index < -0.39 is 33.2 Å². The van der Waals surface area contributed by atoms with Gasteiger partial charge < -0.3 is 24.6 Å². The summed E-state index contributed by atoms with van der Waals surface area (Å²) in [5.74, 6) is -0.372. The third kappa shape index (κ3) is 52.8. The molecule has 0 saturated heterocycles. The molecule has 0 aliphatic heterocycles.